The highest BCUT2D eigenvalue weighted by molar-refractivity contribution is 9.10. The maximum Gasteiger partial charge on any atom is 0.268 e. The van der Waals surface area contributed by atoms with E-state index in [1.54, 1.807) is 0 Å². The van der Waals surface area contributed by atoms with Crippen molar-refractivity contribution in [1.29, 1.82) is 0 Å². The Kier molecular flexibility index (Phi) is 3.43. The van der Waals surface area contributed by atoms with Crippen molar-refractivity contribution in [3.05, 3.63) is 22.4 Å². The van der Waals surface area contributed by atoms with Gasteiger partial charge in [0, 0.05) is 35.8 Å². The van der Waals surface area contributed by atoms with Crippen LogP contribution in [-0.4, -0.2) is 29.6 Å². The van der Waals surface area contributed by atoms with Gasteiger partial charge in [0.1, 0.15) is 5.69 Å². The molecule has 1 aromatic rings. The first-order valence-electron chi connectivity index (χ1n) is 6.63. The molecule has 2 fully saturated rings. The van der Waals surface area contributed by atoms with E-state index in [0.717, 1.165) is 16.7 Å². The molecule has 3 rings (SSSR count). The SMILES string of the molecule is O=C(NCCNC1CC1)c1cc(Br)cn1C1CC1. The van der Waals surface area contributed by atoms with Crippen molar-refractivity contribution in [1.82, 2.24) is 15.2 Å². The Bertz CT molecular complexity index is 449. The summed E-state index contributed by atoms with van der Waals surface area (Å²) in [7, 11) is 0. The summed E-state index contributed by atoms with van der Waals surface area (Å²) in [6.07, 6.45) is 6.95. The third kappa shape index (κ3) is 2.95. The Morgan fingerprint density at radius 1 is 1.33 bits per heavy atom. The van der Waals surface area contributed by atoms with Crippen molar-refractivity contribution >= 4 is 21.8 Å². The highest BCUT2D eigenvalue weighted by atomic mass is 79.9. The molecule has 0 aromatic carbocycles. The molecule has 0 aliphatic heterocycles. The Hall–Kier alpha value is -0.810. The lowest BCUT2D eigenvalue weighted by atomic mass is 10.4. The molecule has 2 N–H and O–H groups in total. The van der Waals surface area contributed by atoms with Gasteiger partial charge >= 0.3 is 0 Å². The van der Waals surface area contributed by atoms with Gasteiger partial charge in [-0.1, -0.05) is 0 Å². The van der Waals surface area contributed by atoms with Crippen LogP contribution >= 0.6 is 15.9 Å². The minimum Gasteiger partial charge on any atom is -0.349 e. The minimum atomic E-state index is 0.0326. The number of aromatic nitrogens is 1. The lowest BCUT2D eigenvalue weighted by molar-refractivity contribution is 0.0944. The lowest BCUT2D eigenvalue weighted by Gasteiger charge is -2.09. The second kappa shape index (κ2) is 5.05. The number of nitrogens with one attached hydrogen (secondary N) is 2. The largest absolute Gasteiger partial charge is 0.349 e. The van der Waals surface area contributed by atoms with Crippen molar-refractivity contribution in [2.24, 2.45) is 0 Å². The van der Waals surface area contributed by atoms with Crippen molar-refractivity contribution in [2.45, 2.75) is 37.8 Å². The molecule has 18 heavy (non-hydrogen) atoms. The Morgan fingerprint density at radius 3 is 2.78 bits per heavy atom. The molecule has 5 heteroatoms. The van der Waals surface area contributed by atoms with Crippen LogP contribution in [0.25, 0.3) is 0 Å². The third-order valence-corrected chi connectivity index (χ3v) is 3.84. The second-order valence-electron chi connectivity index (χ2n) is 5.17. The van der Waals surface area contributed by atoms with Crippen molar-refractivity contribution in [3.8, 4) is 0 Å². The molecule has 1 aromatic heterocycles. The molecule has 0 saturated heterocycles. The molecule has 0 spiro atoms. The van der Waals surface area contributed by atoms with E-state index in [1.807, 2.05) is 12.3 Å². The van der Waals surface area contributed by atoms with Crippen LogP contribution in [0.1, 0.15) is 42.2 Å². The smallest absolute Gasteiger partial charge is 0.268 e. The zero-order valence-corrected chi connectivity index (χ0v) is 11.9. The van der Waals surface area contributed by atoms with Crippen LogP contribution in [0.15, 0.2) is 16.7 Å². The maximum atomic E-state index is 12.1. The van der Waals surface area contributed by atoms with Crippen LogP contribution in [0, 0.1) is 0 Å². The van der Waals surface area contributed by atoms with E-state index in [4.69, 9.17) is 0 Å². The zero-order valence-electron chi connectivity index (χ0n) is 10.3. The highest BCUT2D eigenvalue weighted by Gasteiger charge is 2.27. The van der Waals surface area contributed by atoms with Gasteiger partial charge in [-0.15, -0.1) is 0 Å². The van der Waals surface area contributed by atoms with Gasteiger partial charge in [-0.05, 0) is 47.7 Å². The molecule has 0 radical (unpaired) electrons. The summed E-state index contributed by atoms with van der Waals surface area (Å²) in [6.45, 7) is 1.56. The molecular formula is C13H18BrN3O. The third-order valence-electron chi connectivity index (χ3n) is 3.41. The summed E-state index contributed by atoms with van der Waals surface area (Å²) in [5, 5.41) is 6.36. The average Bonchev–Trinajstić information content (AvgIpc) is 3.23. The van der Waals surface area contributed by atoms with Crippen LogP contribution in [0.4, 0.5) is 0 Å². The number of hydrogen-bond donors (Lipinski definition) is 2. The quantitative estimate of drug-likeness (QED) is 0.790. The summed E-state index contributed by atoms with van der Waals surface area (Å²) in [5.41, 5.74) is 0.774. The number of amides is 1. The highest BCUT2D eigenvalue weighted by Crippen LogP contribution is 2.37. The van der Waals surface area contributed by atoms with Crippen LogP contribution in [0.3, 0.4) is 0 Å². The molecular weight excluding hydrogens is 294 g/mol. The topological polar surface area (TPSA) is 46.1 Å². The van der Waals surface area contributed by atoms with Crippen LogP contribution in [-0.2, 0) is 0 Å². The van der Waals surface area contributed by atoms with E-state index in [9.17, 15) is 4.79 Å². The number of rotatable bonds is 6. The molecule has 0 bridgehead atoms. The van der Waals surface area contributed by atoms with Gasteiger partial charge in [0.2, 0.25) is 0 Å². The molecule has 0 unspecified atom stereocenters. The predicted octanol–water partition coefficient (Wildman–Crippen LogP) is 2.07. The van der Waals surface area contributed by atoms with Gasteiger partial charge in [0.05, 0.1) is 0 Å². The number of hydrogen-bond acceptors (Lipinski definition) is 2. The molecule has 98 valence electrons. The van der Waals surface area contributed by atoms with Crippen LogP contribution < -0.4 is 10.6 Å². The second-order valence-corrected chi connectivity index (χ2v) is 6.08. The van der Waals surface area contributed by atoms with Gasteiger partial charge in [0.15, 0.2) is 0 Å². The summed E-state index contributed by atoms with van der Waals surface area (Å²) < 4.78 is 3.07. The fourth-order valence-corrected chi connectivity index (χ4v) is 2.55. The Balaban J connectivity index is 1.53. The van der Waals surface area contributed by atoms with Crippen molar-refractivity contribution < 1.29 is 4.79 Å². The van der Waals surface area contributed by atoms with Gasteiger partial charge in [-0.3, -0.25) is 4.79 Å². The van der Waals surface area contributed by atoms with E-state index in [-0.39, 0.29) is 5.91 Å². The molecule has 2 saturated carbocycles. The zero-order chi connectivity index (χ0) is 12.5. The van der Waals surface area contributed by atoms with Crippen molar-refractivity contribution in [3.63, 3.8) is 0 Å². The Labute approximate surface area is 115 Å². The van der Waals surface area contributed by atoms with E-state index < -0.39 is 0 Å². The summed E-state index contributed by atoms with van der Waals surface area (Å²) in [6, 6.07) is 3.13. The normalized spacial score (nSPS) is 18.9. The molecule has 1 amide bonds. The standard InChI is InChI=1S/C13H18BrN3O/c14-9-7-12(17(8-9)11-3-4-11)13(18)16-6-5-15-10-1-2-10/h7-8,10-11,15H,1-6H2,(H,16,18). The van der Waals surface area contributed by atoms with Gasteiger partial charge in [-0.2, -0.15) is 0 Å². The monoisotopic (exact) mass is 311 g/mol. The fraction of sp³-hybridized carbons (Fsp3) is 0.615. The molecule has 4 nitrogen and oxygen atoms in total. The predicted molar refractivity (Wildman–Crippen MR) is 73.8 cm³/mol. The number of halogens is 1. The number of nitrogens with zero attached hydrogens (tertiary/aromatic N) is 1. The van der Waals surface area contributed by atoms with E-state index in [2.05, 4.69) is 31.1 Å². The van der Waals surface area contributed by atoms with Gasteiger partial charge < -0.3 is 15.2 Å². The summed E-state index contributed by atoms with van der Waals surface area (Å²) in [4.78, 5) is 12.1. The minimum absolute atomic E-state index is 0.0326. The first-order valence-corrected chi connectivity index (χ1v) is 7.42. The van der Waals surface area contributed by atoms with E-state index in [0.29, 0.717) is 18.6 Å². The fourth-order valence-electron chi connectivity index (χ4n) is 2.11. The first-order chi connectivity index (χ1) is 8.74. The van der Waals surface area contributed by atoms with Gasteiger partial charge in [-0.25, -0.2) is 0 Å². The Morgan fingerprint density at radius 2 is 2.11 bits per heavy atom. The summed E-state index contributed by atoms with van der Waals surface area (Å²) >= 11 is 3.44. The van der Waals surface area contributed by atoms with Gasteiger partial charge in [0.25, 0.3) is 5.91 Å². The maximum absolute atomic E-state index is 12.1. The number of carbonyl (C=O) groups is 1. The van der Waals surface area contributed by atoms with E-state index >= 15 is 0 Å². The van der Waals surface area contributed by atoms with Crippen LogP contribution in [0.2, 0.25) is 0 Å². The average molecular weight is 312 g/mol. The van der Waals surface area contributed by atoms with Crippen LogP contribution in [0.5, 0.6) is 0 Å². The number of carbonyl (C=O) groups excluding carboxylic acids is 1. The van der Waals surface area contributed by atoms with E-state index in [1.165, 1.54) is 25.7 Å². The lowest BCUT2D eigenvalue weighted by Crippen LogP contribution is -2.33. The molecule has 1 heterocycles. The summed E-state index contributed by atoms with van der Waals surface area (Å²) in [5.74, 6) is 0.0326. The molecule has 2 aliphatic carbocycles. The first kappa shape index (κ1) is 12.2. The molecule has 0 atom stereocenters. The van der Waals surface area contributed by atoms with Crippen molar-refractivity contribution in [2.75, 3.05) is 13.1 Å². The molecule has 2 aliphatic rings.